The van der Waals surface area contributed by atoms with E-state index in [1.54, 1.807) is 0 Å². The van der Waals surface area contributed by atoms with E-state index in [9.17, 15) is 0 Å². The molecule has 0 rings (SSSR count). The molecule has 0 aromatic rings. The second-order valence-electron chi connectivity index (χ2n) is 4.13. The summed E-state index contributed by atoms with van der Waals surface area (Å²) in [6.07, 6.45) is 13.9. The minimum atomic E-state index is -4.67. The number of rotatable bonds is 9. The van der Waals surface area contributed by atoms with Crippen LogP contribution in [0.3, 0.4) is 0 Å². The third kappa shape index (κ3) is 85.3. The molecule has 0 aliphatic heterocycles. The third-order valence-electron chi connectivity index (χ3n) is 2.35. The van der Waals surface area contributed by atoms with E-state index in [2.05, 4.69) is 13.8 Å². The van der Waals surface area contributed by atoms with Crippen molar-refractivity contribution in [2.75, 3.05) is 0 Å². The average molecular weight is 360 g/mol. The van der Waals surface area contributed by atoms with E-state index in [1.807, 2.05) is 0 Å². The Morgan fingerprint density at radius 1 is 0.773 bits per heavy atom. The van der Waals surface area contributed by atoms with Crippen LogP contribution in [-0.2, 0) is 10.4 Å². The first kappa shape index (κ1) is 43.4. The van der Waals surface area contributed by atoms with Crippen molar-refractivity contribution >= 4 is 10.4 Å². The molecule has 0 atom stereocenters. The van der Waals surface area contributed by atoms with E-state index in [1.165, 1.54) is 57.8 Å². The van der Waals surface area contributed by atoms with Crippen LogP contribution in [0.4, 0.5) is 0 Å². The van der Waals surface area contributed by atoms with Gasteiger partial charge in [-0.05, 0) is 0 Å². The fourth-order valence-corrected chi connectivity index (χ4v) is 1.49. The monoisotopic (exact) mass is 359 g/mol. The Bertz CT molecular complexity index is 227. The van der Waals surface area contributed by atoms with Crippen molar-refractivity contribution in [1.29, 1.82) is 0 Å². The third-order valence-corrected chi connectivity index (χ3v) is 2.35. The Balaban J connectivity index is -0.0000000401. The van der Waals surface area contributed by atoms with Gasteiger partial charge in [-0.25, -0.2) is 0 Å². The largest absolute Gasteiger partial charge is 1.00 e. The Morgan fingerprint density at radius 3 is 1.23 bits per heavy atom. The van der Waals surface area contributed by atoms with Crippen LogP contribution >= 0.6 is 0 Å². The van der Waals surface area contributed by atoms with Gasteiger partial charge in [0.05, 0.1) is 0 Å². The summed E-state index contributed by atoms with van der Waals surface area (Å²) in [7, 11) is -4.67. The smallest absolute Gasteiger partial charge is 0.412 e. The summed E-state index contributed by atoms with van der Waals surface area (Å²) < 4.78 is 31.6. The quantitative estimate of drug-likeness (QED) is 0.172. The second kappa shape index (κ2) is 33.3. The summed E-state index contributed by atoms with van der Waals surface area (Å²) in [6.45, 7) is 6.12. The Morgan fingerprint density at radius 2 is 1.00 bits per heavy atom. The molecule has 0 bridgehead atoms. The van der Waals surface area contributed by atoms with Crippen LogP contribution in [0.2, 0.25) is 0 Å². The molecule has 0 unspecified atom stereocenters. The first-order valence-corrected chi connectivity index (χ1v) is 7.80. The molecule has 0 saturated carbocycles. The summed E-state index contributed by atoms with van der Waals surface area (Å²) in [6, 6.07) is 0. The molecule has 0 aliphatic carbocycles. The Hall–Kier alpha value is 0.710. The molecular formula is C12H38N3NaO5S. The second-order valence-corrected chi connectivity index (χ2v) is 5.03. The van der Waals surface area contributed by atoms with Crippen LogP contribution in [0.15, 0.2) is 0 Å². The summed E-state index contributed by atoms with van der Waals surface area (Å²) in [5.41, 5.74) is 0. The molecule has 0 heterocycles. The minimum Gasteiger partial charge on any atom is -0.412 e. The van der Waals surface area contributed by atoms with E-state index in [4.69, 9.17) is 17.5 Å². The summed E-state index contributed by atoms with van der Waals surface area (Å²) in [4.78, 5) is 0. The predicted octanol–water partition coefficient (Wildman–Crippen LogP) is 0.754. The Kier molecular flexibility index (Phi) is 65.7. The molecule has 0 radical (unpaired) electrons. The summed E-state index contributed by atoms with van der Waals surface area (Å²) in [5, 5.41) is 0. The van der Waals surface area contributed by atoms with Crippen LogP contribution in [0, 0.1) is 6.92 Å². The van der Waals surface area contributed by atoms with Crippen molar-refractivity contribution in [2.45, 2.75) is 71.1 Å². The van der Waals surface area contributed by atoms with Gasteiger partial charge >= 0.3 is 40.0 Å². The van der Waals surface area contributed by atoms with Gasteiger partial charge in [-0.3, -0.25) is 9.11 Å². The molecule has 13 N–H and O–H groups in total. The fraction of sp³-hybridized carbons (Fsp3) is 0.917. The molecular weight excluding hydrogens is 321 g/mol. The van der Waals surface area contributed by atoms with E-state index in [0.717, 1.165) is 6.42 Å². The van der Waals surface area contributed by atoms with Crippen molar-refractivity contribution in [1.82, 2.24) is 18.5 Å². The first-order chi connectivity index (χ1) is 7.91. The van der Waals surface area contributed by atoms with Crippen molar-refractivity contribution in [3.05, 3.63) is 6.92 Å². The molecule has 0 amide bonds. The number of hydrogen-bond acceptors (Lipinski definition) is 5. The maximum absolute atomic E-state index is 8.74. The van der Waals surface area contributed by atoms with Gasteiger partial charge in [-0.1, -0.05) is 64.7 Å². The summed E-state index contributed by atoms with van der Waals surface area (Å²) >= 11 is 0. The van der Waals surface area contributed by atoms with Crippen LogP contribution in [0.1, 0.15) is 71.1 Å². The maximum atomic E-state index is 8.74. The van der Waals surface area contributed by atoms with Gasteiger partial charge in [-0.15, -0.1) is 0 Å². The number of unbranched alkanes of at least 4 members (excludes halogenated alkanes) is 9. The van der Waals surface area contributed by atoms with Crippen molar-refractivity contribution < 1.29 is 52.6 Å². The SMILES string of the molecule is N.N.N.O.O=S(=O)(O)O.[CH2-]CCCCCCCCCCC.[Na+]. The molecule has 138 valence electrons. The van der Waals surface area contributed by atoms with Crippen molar-refractivity contribution in [3.63, 3.8) is 0 Å². The van der Waals surface area contributed by atoms with Crippen LogP contribution in [0.5, 0.6) is 0 Å². The summed E-state index contributed by atoms with van der Waals surface area (Å²) in [5.74, 6) is 0. The Labute approximate surface area is 159 Å². The van der Waals surface area contributed by atoms with Crippen molar-refractivity contribution in [2.24, 2.45) is 0 Å². The van der Waals surface area contributed by atoms with E-state index < -0.39 is 10.4 Å². The van der Waals surface area contributed by atoms with Gasteiger partial charge < -0.3 is 30.9 Å². The van der Waals surface area contributed by atoms with Gasteiger partial charge in [0, 0.05) is 0 Å². The predicted molar refractivity (Wildman–Crippen MR) is 90.1 cm³/mol. The van der Waals surface area contributed by atoms with Gasteiger partial charge in [0.2, 0.25) is 0 Å². The van der Waals surface area contributed by atoms with Crippen LogP contribution in [-0.4, -0.2) is 23.0 Å². The standard InChI is InChI=1S/C12H25.3H3N.Na.H2O4S.H2O/c1-3-5-7-9-11-12-10-8-6-4-2;;;;;1-5(2,3)4;/h1,3-12H2,2H3;3*1H3;;(H2,1,2,3,4);1H2/q-1;;;;+1;;. The average Bonchev–Trinajstić information content (AvgIpc) is 2.20. The molecule has 0 aromatic carbocycles. The molecule has 10 heteroatoms. The van der Waals surface area contributed by atoms with Gasteiger partial charge in [0.1, 0.15) is 0 Å². The number of hydrogen-bond donors (Lipinski definition) is 5. The molecule has 0 aliphatic rings. The van der Waals surface area contributed by atoms with Crippen molar-refractivity contribution in [3.8, 4) is 0 Å². The maximum Gasteiger partial charge on any atom is 1.00 e. The normalized spacial score (nSPS) is 8.36. The van der Waals surface area contributed by atoms with E-state index in [0.29, 0.717) is 0 Å². The zero-order chi connectivity index (χ0) is 13.6. The molecule has 22 heavy (non-hydrogen) atoms. The van der Waals surface area contributed by atoms with Gasteiger partial charge in [0.15, 0.2) is 0 Å². The molecule has 0 aromatic heterocycles. The zero-order valence-corrected chi connectivity index (χ0v) is 17.3. The molecule has 0 saturated heterocycles. The first-order valence-electron chi connectivity index (χ1n) is 6.41. The minimum absolute atomic E-state index is 0. The molecule has 0 fully saturated rings. The zero-order valence-electron chi connectivity index (χ0n) is 14.5. The van der Waals surface area contributed by atoms with Crippen LogP contribution < -0.4 is 48.0 Å². The molecule has 8 nitrogen and oxygen atoms in total. The molecule has 0 spiro atoms. The fourth-order valence-electron chi connectivity index (χ4n) is 1.49. The van der Waals surface area contributed by atoms with E-state index >= 15 is 0 Å². The van der Waals surface area contributed by atoms with Crippen LogP contribution in [0.25, 0.3) is 0 Å². The van der Waals surface area contributed by atoms with Gasteiger partial charge in [0.25, 0.3) is 0 Å². The van der Waals surface area contributed by atoms with E-state index in [-0.39, 0.29) is 53.5 Å². The van der Waals surface area contributed by atoms with Gasteiger partial charge in [-0.2, -0.15) is 14.8 Å². The topological polar surface area (TPSA) is 211 Å².